The fourth-order valence-electron chi connectivity index (χ4n) is 2.60. The van der Waals surface area contributed by atoms with Crippen molar-refractivity contribution in [2.75, 3.05) is 20.8 Å². The maximum atomic E-state index is 12.4. The summed E-state index contributed by atoms with van der Waals surface area (Å²) >= 11 is 5.18. The Balaban J connectivity index is 2.51. The van der Waals surface area contributed by atoms with Crippen LogP contribution in [0.25, 0.3) is 0 Å². The molecule has 1 heterocycles. The Bertz CT molecular complexity index is 645. The summed E-state index contributed by atoms with van der Waals surface area (Å²) in [6.07, 6.45) is 0. The van der Waals surface area contributed by atoms with Crippen LogP contribution in [0.4, 0.5) is 0 Å². The first-order valence-electron chi connectivity index (χ1n) is 7.26. The number of rotatable bonds is 5. The number of carbonyl (C=O) groups is 1. The van der Waals surface area contributed by atoms with Gasteiger partial charge >= 0.3 is 5.97 Å². The lowest BCUT2D eigenvalue weighted by molar-refractivity contribution is -0.146. The van der Waals surface area contributed by atoms with Gasteiger partial charge in [0, 0.05) is 11.3 Å². The molecule has 1 aromatic carbocycles. The van der Waals surface area contributed by atoms with Crippen LogP contribution in [0.5, 0.6) is 11.5 Å². The number of nitrogens with zero attached hydrogens (tertiary/aromatic N) is 1. The van der Waals surface area contributed by atoms with Gasteiger partial charge in [0.15, 0.2) is 5.11 Å². The molecular weight excluding hydrogens is 316 g/mol. The minimum atomic E-state index is -0.581. The Kier molecular flexibility index (Phi) is 5.54. The number of benzene rings is 1. The van der Waals surface area contributed by atoms with Gasteiger partial charge in [0.25, 0.3) is 0 Å². The van der Waals surface area contributed by atoms with Gasteiger partial charge in [0.1, 0.15) is 17.4 Å². The summed E-state index contributed by atoms with van der Waals surface area (Å²) in [5, 5.41) is 3.42. The molecule has 0 aromatic heterocycles. The van der Waals surface area contributed by atoms with Crippen LogP contribution < -0.4 is 14.8 Å². The maximum absolute atomic E-state index is 12.4. The quantitative estimate of drug-likeness (QED) is 0.657. The van der Waals surface area contributed by atoms with Crippen LogP contribution in [0.15, 0.2) is 23.2 Å². The van der Waals surface area contributed by atoms with E-state index in [1.165, 1.54) is 0 Å². The molecule has 7 heteroatoms. The van der Waals surface area contributed by atoms with Gasteiger partial charge in [-0.3, -0.25) is 4.79 Å². The van der Waals surface area contributed by atoms with Crippen LogP contribution in [0.2, 0.25) is 0 Å². The van der Waals surface area contributed by atoms with Gasteiger partial charge in [-0.2, -0.15) is 0 Å². The Morgan fingerprint density at radius 1 is 1.35 bits per heavy atom. The van der Waals surface area contributed by atoms with Crippen molar-refractivity contribution in [3.05, 3.63) is 23.8 Å². The summed E-state index contributed by atoms with van der Waals surface area (Å²) in [6, 6.07) is 4.99. The fourth-order valence-corrected chi connectivity index (χ4v) is 2.87. The molecule has 1 N–H and O–H groups in total. The van der Waals surface area contributed by atoms with E-state index in [4.69, 9.17) is 26.4 Å². The third-order valence-corrected chi connectivity index (χ3v) is 3.86. The van der Waals surface area contributed by atoms with Crippen LogP contribution in [-0.2, 0) is 9.53 Å². The molecule has 1 aliphatic heterocycles. The van der Waals surface area contributed by atoms with Crippen LogP contribution >= 0.6 is 12.2 Å². The Hall–Kier alpha value is -2.15. The average Bonchev–Trinajstić information content (AvgIpc) is 2.53. The first kappa shape index (κ1) is 17.2. The molecule has 0 saturated carbocycles. The summed E-state index contributed by atoms with van der Waals surface area (Å²) in [7, 11) is 3.16. The minimum Gasteiger partial charge on any atom is -0.497 e. The van der Waals surface area contributed by atoms with E-state index < -0.39 is 12.0 Å². The molecule has 0 bridgehead atoms. The molecule has 2 unspecified atom stereocenters. The average molecular weight is 336 g/mol. The van der Waals surface area contributed by atoms with Gasteiger partial charge < -0.3 is 19.5 Å². The number of thiocarbonyl (C=S) groups is 1. The molecule has 1 aliphatic rings. The second-order valence-corrected chi connectivity index (χ2v) is 5.40. The van der Waals surface area contributed by atoms with Crippen molar-refractivity contribution in [1.82, 2.24) is 5.32 Å². The molecule has 6 nitrogen and oxygen atoms in total. The van der Waals surface area contributed by atoms with Gasteiger partial charge in [0.05, 0.1) is 26.9 Å². The largest absolute Gasteiger partial charge is 0.497 e. The highest BCUT2D eigenvalue weighted by atomic mass is 32.1. The molecule has 1 aromatic rings. The van der Waals surface area contributed by atoms with Crippen molar-refractivity contribution in [2.45, 2.75) is 19.9 Å². The summed E-state index contributed by atoms with van der Waals surface area (Å²) < 4.78 is 15.9. The van der Waals surface area contributed by atoms with E-state index in [9.17, 15) is 4.79 Å². The topological polar surface area (TPSA) is 69.2 Å². The van der Waals surface area contributed by atoms with E-state index in [0.29, 0.717) is 28.9 Å². The molecular formula is C16H20N2O4S. The van der Waals surface area contributed by atoms with Crippen molar-refractivity contribution < 1.29 is 19.0 Å². The lowest BCUT2D eigenvalue weighted by atomic mass is 9.87. The maximum Gasteiger partial charge on any atom is 0.317 e. The Morgan fingerprint density at radius 3 is 2.70 bits per heavy atom. The molecule has 0 aliphatic carbocycles. The zero-order valence-corrected chi connectivity index (χ0v) is 14.4. The lowest BCUT2D eigenvalue weighted by Gasteiger charge is -2.31. The van der Waals surface area contributed by atoms with Crippen molar-refractivity contribution >= 4 is 29.0 Å². The molecule has 23 heavy (non-hydrogen) atoms. The number of nitrogens with one attached hydrogen (secondary N) is 1. The number of esters is 1. The standard InChI is InChI=1S/C16H20N2O4S/c1-5-22-15(19)13-9(2)17-16(23)18-14(13)11-8-10(20-3)6-7-12(11)21-4/h6-8,13-14H,5H2,1-4H3,(H,18,23). The van der Waals surface area contributed by atoms with Crippen LogP contribution in [0.1, 0.15) is 25.5 Å². The van der Waals surface area contributed by atoms with Crippen LogP contribution in [0, 0.1) is 5.92 Å². The van der Waals surface area contributed by atoms with Crippen molar-refractivity contribution in [1.29, 1.82) is 0 Å². The van der Waals surface area contributed by atoms with Crippen molar-refractivity contribution in [3.8, 4) is 11.5 Å². The summed E-state index contributed by atoms with van der Waals surface area (Å²) in [4.78, 5) is 16.6. The first-order valence-corrected chi connectivity index (χ1v) is 7.66. The number of methoxy groups -OCH3 is 2. The highest BCUT2D eigenvalue weighted by Gasteiger charge is 2.38. The number of aliphatic imine (C=N–C) groups is 1. The monoisotopic (exact) mass is 336 g/mol. The van der Waals surface area contributed by atoms with E-state index in [0.717, 1.165) is 5.56 Å². The van der Waals surface area contributed by atoms with Gasteiger partial charge in [0.2, 0.25) is 0 Å². The molecule has 0 radical (unpaired) electrons. The third-order valence-electron chi connectivity index (χ3n) is 3.65. The summed E-state index contributed by atoms with van der Waals surface area (Å²) in [6.45, 7) is 3.84. The van der Waals surface area contributed by atoms with E-state index in [1.807, 2.05) is 6.07 Å². The van der Waals surface area contributed by atoms with E-state index in [2.05, 4.69) is 10.3 Å². The molecule has 0 spiro atoms. The SMILES string of the molecule is CCOC(=O)C1C(C)=NC(=S)NC1c1cc(OC)ccc1OC. The van der Waals surface area contributed by atoms with E-state index in [-0.39, 0.29) is 5.97 Å². The fraction of sp³-hybridized carbons (Fsp3) is 0.438. The number of carbonyl (C=O) groups excluding carboxylic acids is 1. The zero-order chi connectivity index (χ0) is 17.0. The summed E-state index contributed by atoms with van der Waals surface area (Å²) in [5.74, 6) is 0.368. The first-order chi connectivity index (χ1) is 11.0. The molecule has 0 saturated heterocycles. The predicted molar refractivity (Wildman–Crippen MR) is 91.3 cm³/mol. The lowest BCUT2D eigenvalue weighted by Crippen LogP contribution is -2.44. The minimum absolute atomic E-state index is 0.301. The van der Waals surface area contributed by atoms with Gasteiger partial charge in [-0.15, -0.1) is 0 Å². The number of hydrogen-bond donors (Lipinski definition) is 1. The molecule has 124 valence electrons. The van der Waals surface area contributed by atoms with Gasteiger partial charge in [-0.25, -0.2) is 4.99 Å². The normalized spacial score (nSPS) is 20.3. The summed E-state index contributed by atoms with van der Waals surface area (Å²) in [5.41, 5.74) is 1.38. The second-order valence-electron chi connectivity index (χ2n) is 5.02. The van der Waals surface area contributed by atoms with Crippen LogP contribution in [-0.4, -0.2) is 37.6 Å². The second kappa shape index (κ2) is 7.41. The van der Waals surface area contributed by atoms with Gasteiger partial charge in [-0.1, -0.05) is 0 Å². The molecule has 0 amide bonds. The van der Waals surface area contributed by atoms with E-state index in [1.54, 1.807) is 40.2 Å². The highest BCUT2D eigenvalue weighted by Crippen LogP contribution is 2.36. The highest BCUT2D eigenvalue weighted by molar-refractivity contribution is 7.80. The predicted octanol–water partition coefficient (Wildman–Crippen LogP) is 2.27. The smallest absolute Gasteiger partial charge is 0.317 e. The van der Waals surface area contributed by atoms with Crippen LogP contribution in [0.3, 0.4) is 0 Å². The third kappa shape index (κ3) is 3.61. The van der Waals surface area contributed by atoms with Crippen molar-refractivity contribution in [2.24, 2.45) is 10.9 Å². The Morgan fingerprint density at radius 2 is 2.09 bits per heavy atom. The molecule has 0 fully saturated rings. The van der Waals surface area contributed by atoms with E-state index >= 15 is 0 Å². The molecule has 2 atom stereocenters. The number of hydrogen-bond acceptors (Lipinski definition) is 5. The Labute approximate surface area is 140 Å². The molecule has 2 rings (SSSR count). The van der Waals surface area contributed by atoms with Crippen molar-refractivity contribution in [3.63, 3.8) is 0 Å². The zero-order valence-electron chi connectivity index (χ0n) is 13.6. The van der Waals surface area contributed by atoms with Gasteiger partial charge in [-0.05, 0) is 44.3 Å². The number of ether oxygens (including phenoxy) is 3.